The zero-order chi connectivity index (χ0) is 15.3. The van der Waals surface area contributed by atoms with E-state index in [1.807, 2.05) is 0 Å². The maximum absolute atomic E-state index is 12.5. The monoisotopic (exact) mass is 297 g/mol. The predicted octanol–water partition coefficient (Wildman–Crippen LogP) is 1.57. The Bertz CT molecular complexity index is 351. The molecule has 0 heterocycles. The fourth-order valence-electron chi connectivity index (χ4n) is 2.31. The molecule has 5 nitrogen and oxygen atoms in total. The Morgan fingerprint density at radius 1 is 1.30 bits per heavy atom. The van der Waals surface area contributed by atoms with Gasteiger partial charge >= 0.3 is 12.1 Å². The number of alkyl halides is 3. The molecule has 20 heavy (non-hydrogen) atoms. The predicted molar refractivity (Wildman–Crippen MR) is 62.9 cm³/mol. The van der Waals surface area contributed by atoms with Gasteiger partial charge in [-0.05, 0) is 25.7 Å². The molecule has 1 atom stereocenters. The highest BCUT2D eigenvalue weighted by Gasteiger charge is 2.42. The number of aliphatic carboxylic acids is 1. The van der Waals surface area contributed by atoms with Gasteiger partial charge in [0.05, 0.1) is 12.5 Å². The minimum atomic E-state index is -4.22. The third-order valence-electron chi connectivity index (χ3n) is 3.51. The van der Waals surface area contributed by atoms with Gasteiger partial charge in [-0.25, -0.2) is 4.79 Å². The first kappa shape index (κ1) is 16.7. The van der Waals surface area contributed by atoms with Gasteiger partial charge in [0.2, 0.25) is 5.91 Å². The molecule has 0 aromatic heterocycles. The van der Waals surface area contributed by atoms with Crippen molar-refractivity contribution in [2.75, 3.05) is 13.7 Å². The second-order valence-corrected chi connectivity index (χ2v) is 4.94. The fraction of sp³-hybridized carbons (Fsp3) is 0.833. The van der Waals surface area contributed by atoms with Crippen molar-refractivity contribution >= 4 is 11.9 Å². The highest BCUT2D eigenvalue weighted by atomic mass is 19.4. The maximum atomic E-state index is 12.5. The summed E-state index contributed by atoms with van der Waals surface area (Å²) in [5, 5.41) is 11.2. The van der Waals surface area contributed by atoms with Gasteiger partial charge in [-0.3, -0.25) is 4.79 Å². The molecule has 0 saturated heterocycles. The third-order valence-corrected chi connectivity index (χ3v) is 3.51. The molecular formula is C12H18F3NO4. The minimum absolute atomic E-state index is 0.0936. The molecule has 1 saturated carbocycles. The number of rotatable bonds is 5. The van der Waals surface area contributed by atoms with Crippen molar-refractivity contribution in [3.63, 3.8) is 0 Å². The summed E-state index contributed by atoms with van der Waals surface area (Å²) in [4.78, 5) is 22.7. The van der Waals surface area contributed by atoms with E-state index in [4.69, 9.17) is 5.11 Å². The van der Waals surface area contributed by atoms with Crippen LogP contribution in [0.2, 0.25) is 0 Å². The van der Waals surface area contributed by atoms with Crippen molar-refractivity contribution in [1.82, 2.24) is 5.32 Å². The molecule has 0 bridgehead atoms. The Morgan fingerprint density at radius 3 is 2.25 bits per heavy atom. The number of carboxylic acid groups (broad SMARTS) is 1. The van der Waals surface area contributed by atoms with E-state index in [9.17, 15) is 22.8 Å². The Morgan fingerprint density at radius 2 is 1.85 bits per heavy atom. The van der Waals surface area contributed by atoms with Crippen LogP contribution in [0.3, 0.4) is 0 Å². The summed E-state index contributed by atoms with van der Waals surface area (Å²) in [5.41, 5.74) is 0. The molecule has 1 fully saturated rings. The van der Waals surface area contributed by atoms with Gasteiger partial charge in [-0.2, -0.15) is 13.2 Å². The third kappa shape index (κ3) is 4.66. The second kappa shape index (κ2) is 6.92. The van der Waals surface area contributed by atoms with Crippen LogP contribution in [0.15, 0.2) is 0 Å². The van der Waals surface area contributed by atoms with Gasteiger partial charge in [-0.1, -0.05) is 0 Å². The number of carbonyl (C=O) groups excluding carboxylic acids is 1. The van der Waals surface area contributed by atoms with Gasteiger partial charge < -0.3 is 15.2 Å². The molecular weight excluding hydrogens is 279 g/mol. The molecule has 0 aromatic rings. The van der Waals surface area contributed by atoms with Gasteiger partial charge in [0.15, 0.2) is 6.04 Å². The summed E-state index contributed by atoms with van der Waals surface area (Å²) in [6, 6.07) is -1.17. The Hall–Kier alpha value is -1.31. The number of nitrogens with one attached hydrogen (secondary N) is 1. The summed E-state index contributed by atoms with van der Waals surface area (Å²) in [7, 11) is 1.30. The number of carbonyl (C=O) groups is 2. The van der Waals surface area contributed by atoms with Crippen LogP contribution in [0.25, 0.3) is 0 Å². The van der Waals surface area contributed by atoms with Gasteiger partial charge in [0, 0.05) is 13.0 Å². The normalized spacial score (nSPS) is 25.0. The maximum Gasteiger partial charge on any atom is 0.391 e. The number of hydrogen-bond donors (Lipinski definition) is 2. The standard InChI is InChI=1S/C12H18F3NO4/c1-20-6-9(11(18)19)16-10(17)7-2-4-8(5-3-7)12(13,14)15/h7-9H,2-6H2,1H3,(H,16,17)(H,18,19). The summed E-state index contributed by atoms with van der Waals surface area (Å²) >= 11 is 0. The Labute approximate surface area is 114 Å². The van der Waals surface area contributed by atoms with Gasteiger partial charge in [0.1, 0.15) is 0 Å². The van der Waals surface area contributed by atoms with Crippen molar-refractivity contribution in [2.45, 2.75) is 37.9 Å². The van der Waals surface area contributed by atoms with Crippen LogP contribution in [-0.2, 0) is 14.3 Å². The SMILES string of the molecule is COCC(NC(=O)C1CCC(C(F)(F)F)CC1)C(=O)O. The second-order valence-electron chi connectivity index (χ2n) is 4.94. The lowest BCUT2D eigenvalue weighted by Crippen LogP contribution is -2.47. The number of ether oxygens (including phenoxy) is 1. The number of methoxy groups -OCH3 is 1. The molecule has 8 heteroatoms. The van der Waals surface area contributed by atoms with Crippen LogP contribution in [0.1, 0.15) is 25.7 Å². The highest BCUT2D eigenvalue weighted by molar-refractivity contribution is 5.85. The number of amides is 1. The molecule has 0 aliphatic heterocycles. The zero-order valence-electron chi connectivity index (χ0n) is 11.1. The Kier molecular flexibility index (Phi) is 5.79. The quantitative estimate of drug-likeness (QED) is 0.807. The van der Waals surface area contributed by atoms with Gasteiger partial charge in [-0.15, -0.1) is 0 Å². The van der Waals surface area contributed by atoms with Crippen LogP contribution in [0.4, 0.5) is 13.2 Å². The van der Waals surface area contributed by atoms with E-state index >= 15 is 0 Å². The van der Waals surface area contributed by atoms with E-state index in [2.05, 4.69) is 10.1 Å². The average Bonchev–Trinajstić information content (AvgIpc) is 2.37. The molecule has 0 radical (unpaired) electrons. The molecule has 1 unspecified atom stereocenters. The van der Waals surface area contributed by atoms with E-state index in [1.165, 1.54) is 7.11 Å². The van der Waals surface area contributed by atoms with Crippen molar-refractivity contribution in [3.8, 4) is 0 Å². The summed E-state index contributed by atoms with van der Waals surface area (Å²) in [6.45, 7) is -0.182. The smallest absolute Gasteiger partial charge is 0.391 e. The number of carboxylic acids is 1. The van der Waals surface area contributed by atoms with Crippen LogP contribution in [-0.4, -0.2) is 42.9 Å². The summed E-state index contributed by atoms with van der Waals surface area (Å²) in [5.74, 6) is -3.67. The van der Waals surface area contributed by atoms with Crippen molar-refractivity contribution < 1.29 is 32.6 Å². The lowest BCUT2D eigenvalue weighted by Gasteiger charge is -2.29. The first-order chi connectivity index (χ1) is 9.25. The first-order valence-corrected chi connectivity index (χ1v) is 6.34. The average molecular weight is 297 g/mol. The van der Waals surface area contributed by atoms with Crippen LogP contribution < -0.4 is 5.32 Å². The molecule has 0 spiro atoms. The van der Waals surface area contributed by atoms with Crippen LogP contribution >= 0.6 is 0 Å². The molecule has 1 aliphatic rings. The molecule has 1 amide bonds. The molecule has 1 aliphatic carbocycles. The Balaban J connectivity index is 2.48. The highest BCUT2D eigenvalue weighted by Crippen LogP contribution is 2.39. The van der Waals surface area contributed by atoms with E-state index in [0.29, 0.717) is 0 Å². The lowest BCUT2D eigenvalue weighted by atomic mass is 9.81. The summed E-state index contributed by atoms with van der Waals surface area (Å²) < 4.78 is 42.1. The molecule has 0 aromatic carbocycles. The van der Waals surface area contributed by atoms with Crippen molar-refractivity contribution in [3.05, 3.63) is 0 Å². The van der Waals surface area contributed by atoms with E-state index in [0.717, 1.165) is 0 Å². The van der Waals surface area contributed by atoms with Gasteiger partial charge in [0.25, 0.3) is 0 Å². The largest absolute Gasteiger partial charge is 0.480 e. The molecule has 1 rings (SSSR count). The lowest BCUT2D eigenvalue weighted by molar-refractivity contribution is -0.184. The minimum Gasteiger partial charge on any atom is -0.480 e. The topological polar surface area (TPSA) is 75.6 Å². The molecule has 2 N–H and O–H groups in total. The van der Waals surface area contributed by atoms with Crippen molar-refractivity contribution in [2.24, 2.45) is 11.8 Å². The molecule has 116 valence electrons. The zero-order valence-corrected chi connectivity index (χ0v) is 11.1. The number of hydrogen-bond acceptors (Lipinski definition) is 3. The van der Waals surface area contributed by atoms with E-state index in [1.54, 1.807) is 0 Å². The van der Waals surface area contributed by atoms with Crippen molar-refractivity contribution in [1.29, 1.82) is 0 Å². The fourth-order valence-corrected chi connectivity index (χ4v) is 2.31. The number of halogens is 3. The van der Waals surface area contributed by atoms with E-state index < -0.39 is 35.9 Å². The van der Waals surface area contributed by atoms with Crippen LogP contribution in [0.5, 0.6) is 0 Å². The van der Waals surface area contributed by atoms with Crippen LogP contribution in [0, 0.1) is 11.8 Å². The first-order valence-electron chi connectivity index (χ1n) is 6.34. The summed E-state index contributed by atoms with van der Waals surface area (Å²) in [6.07, 6.45) is -4.17. The van der Waals surface area contributed by atoms with E-state index in [-0.39, 0.29) is 32.3 Å².